The number of anilines is 1. The number of rotatable bonds is 6. The fourth-order valence-corrected chi connectivity index (χ4v) is 4.41. The molecule has 0 fully saturated rings. The van der Waals surface area contributed by atoms with Crippen molar-refractivity contribution in [1.29, 1.82) is 0 Å². The number of nitrogens with one attached hydrogen (secondary N) is 2. The Morgan fingerprint density at radius 3 is 2.60 bits per heavy atom. The number of carbonyl (C=O) groups excluding carboxylic acids is 2. The van der Waals surface area contributed by atoms with Gasteiger partial charge in [0.2, 0.25) is 10.0 Å². The number of sulfonamides is 1. The minimum Gasteiger partial charge on any atom is -0.548 e. The summed E-state index contributed by atoms with van der Waals surface area (Å²) in [5.41, 5.74) is 0.927. The molecule has 7 nitrogen and oxygen atoms in total. The minimum absolute atomic E-state index is 0.0276. The first kappa shape index (κ1) is 17.4. The number of aliphatic carboxylic acids is 1. The van der Waals surface area contributed by atoms with Crippen LogP contribution >= 0.6 is 0 Å². The van der Waals surface area contributed by atoms with Gasteiger partial charge in [-0.15, -0.1) is 0 Å². The summed E-state index contributed by atoms with van der Waals surface area (Å²) in [5.74, 6) is -1.80. The van der Waals surface area contributed by atoms with E-state index < -0.39 is 22.0 Å². The average Bonchev–Trinajstić information content (AvgIpc) is 2.84. The molecule has 0 unspecified atom stereocenters. The summed E-state index contributed by atoms with van der Waals surface area (Å²) >= 11 is 0. The molecular formula is C17H17N2O5S-. The summed E-state index contributed by atoms with van der Waals surface area (Å²) in [6.45, 7) is 3.58. The van der Waals surface area contributed by atoms with Gasteiger partial charge in [-0.25, -0.2) is 13.1 Å². The Morgan fingerprint density at radius 1 is 1.24 bits per heavy atom. The topological polar surface area (TPSA) is 115 Å². The number of carboxylic acid groups (broad SMARTS) is 1. The number of carbonyl (C=O) groups is 2. The molecule has 1 aliphatic heterocycles. The molecule has 0 aliphatic carbocycles. The third-order valence-corrected chi connectivity index (χ3v) is 5.60. The van der Waals surface area contributed by atoms with Crippen LogP contribution in [0.3, 0.4) is 0 Å². The monoisotopic (exact) mass is 361 g/mol. The van der Waals surface area contributed by atoms with E-state index >= 15 is 0 Å². The van der Waals surface area contributed by atoms with Gasteiger partial charge in [-0.2, -0.15) is 0 Å². The molecule has 1 aliphatic rings. The molecule has 0 saturated heterocycles. The van der Waals surface area contributed by atoms with Crippen molar-refractivity contribution in [2.45, 2.75) is 31.2 Å². The summed E-state index contributed by atoms with van der Waals surface area (Å²) in [4.78, 5) is 23.1. The molecule has 0 aromatic heterocycles. The number of amides is 1. The molecule has 2 aromatic carbocycles. The maximum atomic E-state index is 12.8. The fraction of sp³-hybridized carbons (Fsp3) is 0.294. The van der Waals surface area contributed by atoms with Crippen LogP contribution in [0, 0.1) is 5.92 Å². The highest BCUT2D eigenvalue weighted by molar-refractivity contribution is 7.89. The van der Waals surface area contributed by atoms with Gasteiger partial charge in [0, 0.05) is 22.0 Å². The van der Waals surface area contributed by atoms with Gasteiger partial charge in [0.1, 0.15) is 0 Å². The van der Waals surface area contributed by atoms with Gasteiger partial charge >= 0.3 is 0 Å². The van der Waals surface area contributed by atoms with E-state index in [9.17, 15) is 23.1 Å². The first-order valence-corrected chi connectivity index (χ1v) is 9.29. The van der Waals surface area contributed by atoms with Crippen molar-refractivity contribution < 1.29 is 23.1 Å². The summed E-state index contributed by atoms with van der Waals surface area (Å²) in [6, 6.07) is 6.33. The second kappa shape index (κ2) is 6.12. The molecule has 8 heteroatoms. The maximum absolute atomic E-state index is 12.8. The lowest BCUT2D eigenvalue weighted by Gasteiger charge is -2.22. The quantitative estimate of drug-likeness (QED) is 0.791. The van der Waals surface area contributed by atoms with Crippen LogP contribution in [0.5, 0.6) is 0 Å². The van der Waals surface area contributed by atoms with E-state index in [0.29, 0.717) is 22.0 Å². The summed E-state index contributed by atoms with van der Waals surface area (Å²) in [7, 11) is -4.11. The molecule has 0 saturated carbocycles. The van der Waals surface area contributed by atoms with Gasteiger partial charge in [0.15, 0.2) is 0 Å². The predicted octanol–water partition coefficient (Wildman–Crippen LogP) is 0.848. The molecule has 0 spiro atoms. The smallest absolute Gasteiger partial charge is 0.256 e. The van der Waals surface area contributed by atoms with Crippen LogP contribution in [0.15, 0.2) is 35.2 Å². The molecule has 2 N–H and O–H groups in total. The van der Waals surface area contributed by atoms with Crippen molar-refractivity contribution in [2.24, 2.45) is 5.92 Å². The highest BCUT2D eigenvalue weighted by Gasteiger charge is 2.28. The molecule has 0 radical (unpaired) electrons. The Bertz CT molecular complexity index is 982. The average molecular weight is 361 g/mol. The Balaban J connectivity index is 2.09. The number of carboxylic acids is 1. The van der Waals surface area contributed by atoms with Crippen LogP contribution < -0.4 is 15.1 Å². The third-order valence-electron chi connectivity index (χ3n) is 4.07. The highest BCUT2D eigenvalue weighted by atomic mass is 32.2. The van der Waals surface area contributed by atoms with Crippen LogP contribution in [0.25, 0.3) is 10.8 Å². The van der Waals surface area contributed by atoms with Gasteiger partial charge in [-0.05, 0) is 30.5 Å². The van der Waals surface area contributed by atoms with Gasteiger partial charge in [0.25, 0.3) is 5.91 Å². The Kier molecular flexibility index (Phi) is 4.26. The van der Waals surface area contributed by atoms with E-state index in [1.54, 1.807) is 32.0 Å². The van der Waals surface area contributed by atoms with Crippen LogP contribution in [0.2, 0.25) is 0 Å². The molecule has 1 heterocycles. The van der Waals surface area contributed by atoms with E-state index in [2.05, 4.69) is 10.0 Å². The number of benzene rings is 2. The molecule has 132 valence electrons. The van der Waals surface area contributed by atoms with Gasteiger partial charge in [0.05, 0.1) is 16.9 Å². The van der Waals surface area contributed by atoms with Crippen molar-refractivity contribution in [1.82, 2.24) is 4.72 Å². The fourth-order valence-electron chi connectivity index (χ4n) is 3.01. The molecule has 1 atom stereocenters. The minimum atomic E-state index is -4.11. The summed E-state index contributed by atoms with van der Waals surface area (Å²) < 4.78 is 27.7. The van der Waals surface area contributed by atoms with E-state index in [1.807, 2.05) is 0 Å². The van der Waals surface area contributed by atoms with E-state index in [-0.39, 0.29) is 23.1 Å². The van der Waals surface area contributed by atoms with Crippen LogP contribution in [-0.2, 0) is 14.8 Å². The largest absolute Gasteiger partial charge is 0.548 e. The van der Waals surface area contributed by atoms with E-state index in [1.165, 1.54) is 12.1 Å². The van der Waals surface area contributed by atoms with E-state index in [4.69, 9.17) is 0 Å². The molecule has 1 amide bonds. The normalized spacial score (nSPS) is 14.8. The molecular weight excluding hydrogens is 344 g/mol. The summed E-state index contributed by atoms with van der Waals surface area (Å²) in [5, 5.41) is 14.8. The van der Waals surface area contributed by atoms with Crippen molar-refractivity contribution in [3.05, 3.63) is 35.9 Å². The Morgan fingerprint density at radius 2 is 1.96 bits per heavy atom. The third kappa shape index (κ3) is 3.10. The van der Waals surface area contributed by atoms with E-state index in [0.717, 1.165) is 0 Å². The highest BCUT2D eigenvalue weighted by Crippen LogP contribution is 2.36. The van der Waals surface area contributed by atoms with Crippen LogP contribution in [0.1, 0.15) is 30.6 Å². The Labute approximate surface area is 145 Å². The Hall–Kier alpha value is -2.45. The first-order valence-electron chi connectivity index (χ1n) is 7.81. The lowest BCUT2D eigenvalue weighted by molar-refractivity contribution is -0.308. The van der Waals surface area contributed by atoms with Gasteiger partial charge < -0.3 is 15.2 Å². The number of hydrogen-bond donors (Lipinski definition) is 2. The first-order chi connectivity index (χ1) is 11.7. The molecule has 3 rings (SSSR count). The lowest BCUT2D eigenvalue weighted by Crippen LogP contribution is -2.48. The SMILES string of the molecule is CC(C)C[C@@H](NS(=O)(=O)c1ccc2c3c(cccc13)C(=O)N2)C(=O)[O-]. The zero-order valence-corrected chi connectivity index (χ0v) is 14.5. The molecule has 25 heavy (non-hydrogen) atoms. The van der Waals surface area contributed by atoms with Crippen LogP contribution in [0.4, 0.5) is 5.69 Å². The summed E-state index contributed by atoms with van der Waals surface area (Å²) in [6.07, 6.45) is 0.114. The zero-order chi connectivity index (χ0) is 18.4. The van der Waals surface area contributed by atoms with Gasteiger partial charge in [-0.1, -0.05) is 26.0 Å². The van der Waals surface area contributed by atoms with Crippen molar-refractivity contribution >= 4 is 38.4 Å². The molecule has 2 aromatic rings. The second-order valence-electron chi connectivity index (χ2n) is 6.42. The van der Waals surface area contributed by atoms with Crippen molar-refractivity contribution in [3.63, 3.8) is 0 Å². The number of hydrogen-bond acceptors (Lipinski definition) is 5. The van der Waals surface area contributed by atoms with Gasteiger partial charge in [-0.3, -0.25) is 4.79 Å². The van der Waals surface area contributed by atoms with Crippen molar-refractivity contribution in [3.8, 4) is 0 Å². The zero-order valence-electron chi connectivity index (χ0n) is 13.7. The van der Waals surface area contributed by atoms with Crippen LogP contribution in [-0.4, -0.2) is 26.3 Å². The lowest BCUT2D eigenvalue weighted by atomic mass is 10.1. The maximum Gasteiger partial charge on any atom is 0.256 e. The second-order valence-corrected chi connectivity index (χ2v) is 8.10. The van der Waals surface area contributed by atoms with Crippen molar-refractivity contribution in [2.75, 3.05) is 5.32 Å². The molecule has 0 bridgehead atoms. The standard InChI is InChI=1S/C17H18N2O5S/c1-9(2)8-13(17(21)22)19-25(23,24)14-7-6-12-15-10(14)4-3-5-11(15)16(20)18-12/h3-7,9,13,19H,8H2,1-2H3,(H,18,20)(H,21,22)/p-1/t13-/m1/s1. The predicted molar refractivity (Wildman–Crippen MR) is 90.5 cm³/mol.